The summed E-state index contributed by atoms with van der Waals surface area (Å²) in [5.74, 6) is -0.222. The maximum absolute atomic E-state index is 12.7. The highest BCUT2D eigenvalue weighted by Crippen LogP contribution is 2.23. The van der Waals surface area contributed by atoms with E-state index in [1.54, 1.807) is 0 Å². The Hall–Kier alpha value is -2.33. The van der Waals surface area contributed by atoms with Crippen molar-refractivity contribution >= 4 is 11.7 Å². The van der Waals surface area contributed by atoms with Crippen molar-refractivity contribution in [2.24, 2.45) is 0 Å². The summed E-state index contributed by atoms with van der Waals surface area (Å²) in [5.41, 5.74) is 1.81. The first-order valence-electron chi connectivity index (χ1n) is 7.98. The van der Waals surface area contributed by atoms with E-state index < -0.39 is 6.04 Å². The van der Waals surface area contributed by atoms with Crippen LogP contribution in [0.15, 0.2) is 60.7 Å². The maximum atomic E-state index is 12.7. The smallest absolute Gasteiger partial charge is 0.333 e. The summed E-state index contributed by atoms with van der Waals surface area (Å²) in [5, 5.41) is 3.29. The number of ether oxygens (including phenoxy) is 1. The van der Waals surface area contributed by atoms with Crippen LogP contribution in [0.25, 0.3) is 0 Å². The van der Waals surface area contributed by atoms with Crippen LogP contribution in [-0.2, 0) is 9.53 Å². The third-order valence-electron chi connectivity index (χ3n) is 4.08. The average Bonchev–Trinajstić information content (AvgIpc) is 2.99. The van der Waals surface area contributed by atoms with Gasteiger partial charge in [0.05, 0.1) is 0 Å². The molecule has 0 aromatic heterocycles. The van der Waals surface area contributed by atoms with Gasteiger partial charge in [0, 0.05) is 18.8 Å². The van der Waals surface area contributed by atoms with Crippen LogP contribution in [0.3, 0.4) is 0 Å². The summed E-state index contributed by atoms with van der Waals surface area (Å²) in [7, 11) is 2.05. The number of hydrogen-bond donors (Lipinski definition) is 1. The zero-order valence-corrected chi connectivity index (χ0v) is 13.3. The van der Waals surface area contributed by atoms with E-state index in [-0.39, 0.29) is 12.1 Å². The molecule has 0 bridgehead atoms. The molecular weight excluding hydrogens is 288 g/mol. The molecule has 2 atom stereocenters. The van der Waals surface area contributed by atoms with E-state index in [2.05, 4.69) is 10.2 Å². The standard InChI is InChI=1S/C19H22N2O2/c1-21-13-12-17(14-21)23-19(22)18(15-8-4-2-5-9-15)20-16-10-6-3-7-11-16/h2-11,17-18,20H,12-14H2,1H3. The number of para-hydroxylation sites is 1. The van der Waals surface area contributed by atoms with Crippen LogP contribution in [-0.4, -0.2) is 37.1 Å². The van der Waals surface area contributed by atoms with Crippen molar-refractivity contribution < 1.29 is 9.53 Å². The molecule has 0 spiro atoms. The molecule has 1 aliphatic rings. The topological polar surface area (TPSA) is 41.6 Å². The quantitative estimate of drug-likeness (QED) is 0.862. The van der Waals surface area contributed by atoms with Crippen LogP contribution in [0.2, 0.25) is 0 Å². The minimum Gasteiger partial charge on any atom is -0.459 e. The molecule has 2 aromatic rings. The van der Waals surface area contributed by atoms with Crippen molar-refractivity contribution in [1.29, 1.82) is 0 Å². The molecule has 2 aromatic carbocycles. The first kappa shape index (κ1) is 15.6. The van der Waals surface area contributed by atoms with Gasteiger partial charge in [0.15, 0.2) is 6.04 Å². The summed E-state index contributed by atoms with van der Waals surface area (Å²) in [6.07, 6.45) is 0.881. The predicted octanol–water partition coefficient (Wildman–Crippen LogP) is 3.09. The van der Waals surface area contributed by atoms with Crippen molar-refractivity contribution in [2.75, 3.05) is 25.5 Å². The molecule has 0 aliphatic carbocycles. The Morgan fingerprint density at radius 1 is 1.13 bits per heavy atom. The third kappa shape index (κ3) is 4.11. The van der Waals surface area contributed by atoms with Gasteiger partial charge in [-0.25, -0.2) is 4.79 Å². The number of carbonyl (C=O) groups excluding carboxylic acids is 1. The van der Waals surface area contributed by atoms with Gasteiger partial charge in [-0.05, 0) is 31.2 Å². The highest BCUT2D eigenvalue weighted by atomic mass is 16.5. The highest BCUT2D eigenvalue weighted by Gasteiger charge is 2.28. The SMILES string of the molecule is CN1CCC(OC(=O)C(Nc2ccccc2)c2ccccc2)C1. The predicted molar refractivity (Wildman–Crippen MR) is 91.2 cm³/mol. The Kier molecular flexibility index (Phi) is 4.93. The summed E-state index contributed by atoms with van der Waals surface area (Å²) >= 11 is 0. The minimum absolute atomic E-state index is 0.0173. The van der Waals surface area contributed by atoms with E-state index in [1.807, 2.05) is 67.7 Å². The monoisotopic (exact) mass is 310 g/mol. The van der Waals surface area contributed by atoms with Crippen molar-refractivity contribution in [3.05, 3.63) is 66.2 Å². The maximum Gasteiger partial charge on any atom is 0.333 e. The van der Waals surface area contributed by atoms with Gasteiger partial charge in [-0.15, -0.1) is 0 Å². The molecule has 120 valence electrons. The van der Waals surface area contributed by atoms with Gasteiger partial charge in [-0.3, -0.25) is 0 Å². The lowest BCUT2D eigenvalue weighted by Gasteiger charge is -2.21. The number of likely N-dealkylation sites (N-methyl/N-ethyl adjacent to an activating group) is 1. The zero-order chi connectivity index (χ0) is 16.1. The number of nitrogens with one attached hydrogen (secondary N) is 1. The molecule has 1 heterocycles. The molecule has 4 nitrogen and oxygen atoms in total. The van der Waals surface area contributed by atoms with Crippen LogP contribution in [0.5, 0.6) is 0 Å². The summed E-state index contributed by atoms with van der Waals surface area (Å²) in [4.78, 5) is 14.9. The lowest BCUT2D eigenvalue weighted by Crippen LogP contribution is -2.29. The summed E-state index contributed by atoms with van der Waals surface area (Å²) < 4.78 is 5.73. The van der Waals surface area contributed by atoms with Gasteiger partial charge in [0.2, 0.25) is 0 Å². The molecule has 23 heavy (non-hydrogen) atoms. The zero-order valence-electron chi connectivity index (χ0n) is 13.3. The summed E-state index contributed by atoms with van der Waals surface area (Å²) in [6.45, 7) is 1.78. The van der Waals surface area contributed by atoms with Crippen molar-refractivity contribution in [1.82, 2.24) is 4.90 Å². The van der Waals surface area contributed by atoms with Gasteiger partial charge >= 0.3 is 5.97 Å². The lowest BCUT2D eigenvalue weighted by molar-refractivity contribution is -0.149. The Balaban J connectivity index is 1.76. The number of anilines is 1. The second kappa shape index (κ2) is 7.29. The number of carbonyl (C=O) groups is 1. The molecule has 1 N–H and O–H groups in total. The molecule has 0 amide bonds. The van der Waals surface area contributed by atoms with Gasteiger partial charge in [-0.2, -0.15) is 0 Å². The van der Waals surface area contributed by atoms with E-state index in [0.717, 1.165) is 30.8 Å². The minimum atomic E-state index is -0.496. The van der Waals surface area contributed by atoms with Crippen molar-refractivity contribution in [3.8, 4) is 0 Å². The molecule has 0 saturated carbocycles. The molecule has 4 heteroatoms. The van der Waals surface area contributed by atoms with Crippen LogP contribution < -0.4 is 5.32 Å². The normalized spacial score (nSPS) is 19.3. The van der Waals surface area contributed by atoms with Crippen LogP contribution >= 0.6 is 0 Å². The fourth-order valence-corrected chi connectivity index (χ4v) is 2.85. The van der Waals surface area contributed by atoms with E-state index in [4.69, 9.17) is 4.74 Å². The van der Waals surface area contributed by atoms with Gasteiger partial charge in [0.1, 0.15) is 6.10 Å². The second-order valence-corrected chi connectivity index (χ2v) is 5.96. The highest BCUT2D eigenvalue weighted by molar-refractivity contribution is 5.81. The largest absolute Gasteiger partial charge is 0.459 e. The first-order valence-corrected chi connectivity index (χ1v) is 7.98. The molecule has 1 aliphatic heterocycles. The number of hydrogen-bond acceptors (Lipinski definition) is 4. The Morgan fingerprint density at radius 3 is 2.39 bits per heavy atom. The Bertz CT molecular complexity index is 630. The molecule has 0 radical (unpaired) electrons. The molecule has 1 saturated heterocycles. The van der Waals surface area contributed by atoms with E-state index >= 15 is 0 Å². The molecule has 2 unspecified atom stereocenters. The van der Waals surface area contributed by atoms with Gasteiger partial charge in [-0.1, -0.05) is 48.5 Å². The van der Waals surface area contributed by atoms with Crippen molar-refractivity contribution in [3.63, 3.8) is 0 Å². The van der Waals surface area contributed by atoms with Gasteiger partial charge in [0.25, 0.3) is 0 Å². The molecule has 1 fully saturated rings. The number of esters is 1. The molecular formula is C19H22N2O2. The van der Waals surface area contributed by atoms with Crippen molar-refractivity contribution in [2.45, 2.75) is 18.6 Å². The fourth-order valence-electron chi connectivity index (χ4n) is 2.85. The fraction of sp³-hybridized carbons (Fsp3) is 0.316. The van der Waals surface area contributed by atoms with Crippen LogP contribution in [0, 0.1) is 0 Å². The van der Waals surface area contributed by atoms with E-state index in [0.29, 0.717) is 0 Å². The first-order chi connectivity index (χ1) is 11.2. The second-order valence-electron chi connectivity index (χ2n) is 5.96. The van der Waals surface area contributed by atoms with Crippen LogP contribution in [0.4, 0.5) is 5.69 Å². The summed E-state index contributed by atoms with van der Waals surface area (Å²) in [6, 6.07) is 19.0. The lowest BCUT2D eigenvalue weighted by atomic mass is 10.1. The van der Waals surface area contributed by atoms with Crippen LogP contribution in [0.1, 0.15) is 18.0 Å². The number of rotatable bonds is 5. The van der Waals surface area contributed by atoms with Gasteiger partial charge < -0.3 is 15.0 Å². The Morgan fingerprint density at radius 2 is 1.78 bits per heavy atom. The molecule has 3 rings (SSSR count). The average molecular weight is 310 g/mol. The number of benzene rings is 2. The number of likely N-dealkylation sites (tertiary alicyclic amines) is 1. The van der Waals surface area contributed by atoms with E-state index in [1.165, 1.54) is 0 Å². The number of nitrogens with zero attached hydrogens (tertiary/aromatic N) is 1. The van der Waals surface area contributed by atoms with E-state index in [9.17, 15) is 4.79 Å². The third-order valence-corrected chi connectivity index (χ3v) is 4.08. The Labute approximate surface area is 137 Å².